The van der Waals surface area contributed by atoms with Crippen LogP contribution in [0.4, 0.5) is 0 Å². The van der Waals surface area contributed by atoms with E-state index >= 15 is 0 Å². The van der Waals surface area contributed by atoms with Gasteiger partial charge in [0.15, 0.2) is 0 Å². The summed E-state index contributed by atoms with van der Waals surface area (Å²) in [5.41, 5.74) is 3.05. The lowest BCUT2D eigenvalue weighted by Crippen LogP contribution is -2.24. The van der Waals surface area contributed by atoms with Crippen molar-refractivity contribution < 1.29 is 4.84 Å². The highest BCUT2D eigenvalue weighted by Crippen LogP contribution is 2.12. The third-order valence-electron chi connectivity index (χ3n) is 3.19. The Balaban J connectivity index is 3.25. The lowest BCUT2D eigenvalue weighted by Gasteiger charge is -2.15. The molecule has 1 atom stereocenters. The number of hydrogen-bond donors (Lipinski definition) is 1. The topological polar surface area (TPSA) is 21.3 Å². The summed E-state index contributed by atoms with van der Waals surface area (Å²) >= 11 is 0. The first-order valence-corrected chi connectivity index (χ1v) is 7.73. The van der Waals surface area contributed by atoms with Crippen LogP contribution in [0.5, 0.6) is 0 Å². The van der Waals surface area contributed by atoms with Gasteiger partial charge < -0.3 is 0 Å². The van der Waals surface area contributed by atoms with Crippen LogP contribution in [-0.4, -0.2) is 12.6 Å². The second-order valence-corrected chi connectivity index (χ2v) is 4.95. The SMILES string of the molecule is CCCCCCCCCC(CC)ONCCC. The third-order valence-corrected chi connectivity index (χ3v) is 3.19. The first-order valence-electron chi connectivity index (χ1n) is 7.73. The normalized spacial score (nSPS) is 12.9. The molecule has 0 aliphatic carbocycles. The van der Waals surface area contributed by atoms with Crippen LogP contribution in [0.25, 0.3) is 0 Å². The molecule has 0 bridgehead atoms. The Morgan fingerprint density at radius 1 is 0.824 bits per heavy atom. The molecule has 0 fully saturated rings. The fraction of sp³-hybridized carbons (Fsp3) is 1.00. The van der Waals surface area contributed by atoms with Gasteiger partial charge in [-0.25, -0.2) is 5.48 Å². The Bertz CT molecular complexity index is 139. The zero-order valence-electron chi connectivity index (χ0n) is 12.3. The van der Waals surface area contributed by atoms with Crippen molar-refractivity contribution >= 4 is 0 Å². The molecule has 0 aliphatic rings. The van der Waals surface area contributed by atoms with Gasteiger partial charge in [-0.1, -0.05) is 65.7 Å². The maximum absolute atomic E-state index is 5.63. The van der Waals surface area contributed by atoms with Crippen LogP contribution in [0.3, 0.4) is 0 Å². The van der Waals surface area contributed by atoms with Gasteiger partial charge in [0.25, 0.3) is 0 Å². The number of unbranched alkanes of at least 4 members (excludes halogenated alkanes) is 6. The summed E-state index contributed by atoms with van der Waals surface area (Å²) < 4.78 is 0. The molecule has 0 heterocycles. The fourth-order valence-corrected chi connectivity index (χ4v) is 1.95. The van der Waals surface area contributed by atoms with Crippen molar-refractivity contribution in [1.29, 1.82) is 0 Å². The largest absolute Gasteiger partial charge is 0.299 e. The maximum atomic E-state index is 5.63. The minimum atomic E-state index is 0.414. The molecule has 0 rings (SSSR count). The van der Waals surface area contributed by atoms with E-state index in [-0.39, 0.29) is 0 Å². The van der Waals surface area contributed by atoms with Gasteiger partial charge in [0.05, 0.1) is 6.10 Å². The quantitative estimate of drug-likeness (QED) is 0.369. The van der Waals surface area contributed by atoms with Gasteiger partial charge in [0, 0.05) is 6.54 Å². The predicted octanol–water partition coefficient (Wildman–Crippen LogP) is 4.84. The summed E-state index contributed by atoms with van der Waals surface area (Å²) in [4.78, 5) is 5.63. The molecule has 2 heteroatoms. The van der Waals surface area contributed by atoms with Gasteiger partial charge in [-0.3, -0.25) is 4.84 Å². The Morgan fingerprint density at radius 3 is 2.06 bits per heavy atom. The van der Waals surface area contributed by atoms with Crippen LogP contribution in [-0.2, 0) is 4.84 Å². The average Bonchev–Trinajstić information content (AvgIpc) is 2.35. The molecule has 0 aliphatic heterocycles. The molecule has 2 nitrogen and oxygen atoms in total. The average molecular weight is 243 g/mol. The number of hydroxylamine groups is 1. The lowest BCUT2D eigenvalue weighted by molar-refractivity contribution is -0.0313. The first kappa shape index (κ1) is 16.9. The van der Waals surface area contributed by atoms with Crippen LogP contribution in [0.15, 0.2) is 0 Å². The summed E-state index contributed by atoms with van der Waals surface area (Å²) in [5.74, 6) is 0. The minimum Gasteiger partial charge on any atom is -0.299 e. The van der Waals surface area contributed by atoms with Gasteiger partial charge in [0.1, 0.15) is 0 Å². The lowest BCUT2D eigenvalue weighted by atomic mass is 10.1. The molecule has 0 aromatic rings. The van der Waals surface area contributed by atoms with Crippen molar-refractivity contribution in [3.63, 3.8) is 0 Å². The molecule has 0 aromatic heterocycles. The van der Waals surface area contributed by atoms with Crippen molar-refractivity contribution in [2.45, 2.75) is 91.1 Å². The maximum Gasteiger partial charge on any atom is 0.0787 e. The van der Waals surface area contributed by atoms with Crippen LogP contribution in [0.1, 0.15) is 85.0 Å². The van der Waals surface area contributed by atoms with E-state index < -0.39 is 0 Å². The van der Waals surface area contributed by atoms with Gasteiger partial charge >= 0.3 is 0 Å². The van der Waals surface area contributed by atoms with Crippen LogP contribution in [0, 0.1) is 0 Å². The van der Waals surface area contributed by atoms with E-state index in [0.717, 1.165) is 19.4 Å². The van der Waals surface area contributed by atoms with Gasteiger partial charge in [-0.15, -0.1) is 0 Å². The number of hydrogen-bond acceptors (Lipinski definition) is 2. The predicted molar refractivity (Wildman–Crippen MR) is 76.1 cm³/mol. The zero-order chi connectivity index (χ0) is 12.8. The van der Waals surface area contributed by atoms with Crippen molar-refractivity contribution in [2.24, 2.45) is 0 Å². The molecule has 1 N–H and O–H groups in total. The molecule has 17 heavy (non-hydrogen) atoms. The van der Waals surface area contributed by atoms with E-state index in [4.69, 9.17) is 4.84 Å². The number of nitrogens with one attached hydrogen (secondary N) is 1. The summed E-state index contributed by atoms with van der Waals surface area (Å²) in [6, 6.07) is 0. The van der Waals surface area contributed by atoms with Gasteiger partial charge in [-0.05, 0) is 19.3 Å². The molecule has 0 radical (unpaired) electrons. The summed E-state index contributed by atoms with van der Waals surface area (Å²) in [6.45, 7) is 7.60. The van der Waals surface area contributed by atoms with Crippen molar-refractivity contribution in [2.75, 3.05) is 6.54 Å². The zero-order valence-corrected chi connectivity index (χ0v) is 12.3. The van der Waals surface area contributed by atoms with Crippen LogP contribution >= 0.6 is 0 Å². The van der Waals surface area contributed by atoms with Crippen molar-refractivity contribution in [3.8, 4) is 0 Å². The van der Waals surface area contributed by atoms with Crippen molar-refractivity contribution in [3.05, 3.63) is 0 Å². The third kappa shape index (κ3) is 12.2. The Morgan fingerprint density at radius 2 is 1.47 bits per heavy atom. The molecule has 1 unspecified atom stereocenters. The van der Waals surface area contributed by atoms with E-state index in [1.165, 1.54) is 51.4 Å². The standard InChI is InChI=1S/C15H33NO/c1-4-7-8-9-10-11-12-13-15(6-3)17-16-14-5-2/h15-16H,4-14H2,1-3H3. The molecular formula is C15H33NO. The summed E-state index contributed by atoms with van der Waals surface area (Å²) in [6.07, 6.45) is 13.5. The highest BCUT2D eigenvalue weighted by atomic mass is 16.7. The van der Waals surface area contributed by atoms with Crippen LogP contribution in [0.2, 0.25) is 0 Å². The van der Waals surface area contributed by atoms with E-state index in [2.05, 4.69) is 26.3 Å². The Labute approximate surface area is 108 Å². The molecule has 0 aromatic carbocycles. The second kappa shape index (κ2) is 14.0. The highest BCUT2D eigenvalue weighted by Gasteiger charge is 2.05. The number of rotatable bonds is 13. The highest BCUT2D eigenvalue weighted by molar-refractivity contribution is 4.55. The van der Waals surface area contributed by atoms with E-state index in [0.29, 0.717) is 6.10 Å². The van der Waals surface area contributed by atoms with E-state index in [1.807, 2.05) is 0 Å². The summed E-state index contributed by atoms with van der Waals surface area (Å²) in [7, 11) is 0. The molecule has 104 valence electrons. The Hall–Kier alpha value is -0.0800. The first-order chi connectivity index (χ1) is 8.35. The van der Waals surface area contributed by atoms with Gasteiger partial charge in [0.2, 0.25) is 0 Å². The second-order valence-electron chi connectivity index (χ2n) is 4.95. The van der Waals surface area contributed by atoms with E-state index in [9.17, 15) is 0 Å². The minimum absolute atomic E-state index is 0.414. The van der Waals surface area contributed by atoms with Crippen molar-refractivity contribution in [1.82, 2.24) is 5.48 Å². The fourth-order valence-electron chi connectivity index (χ4n) is 1.95. The smallest absolute Gasteiger partial charge is 0.0787 e. The van der Waals surface area contributed by atoms with E-state index in [1.54, 1.807) is 0 Å². The Kier molecular flexibility index (Phi) is 13.9. The van der Waals surface area contributed by atoms with Crippen LogP contribution < -0.4 is 5.48 Å². The molecule has 0 saturated carbocycles. The monoisotopic (exact) mass is 243 g/mol. The molecular weight excluding hydrogens is 210 g/mol. The molecule has 0 saturated heterocycles. The molecule has 0 amide bonds. The van der Waals surface area contributed by atoms with Gasteiger partial charge in [-0.2, -0.15) is 0 Å². The molecule has 0 spiro atoms. The summed E-state index contributed by atoms with van der Waals surface area (Å²) in [5, 5.41) is 0.